The first-order valence-electron chi connectivity index (χ1n) is 1.46. The summed E-state index contributed by atoms with van der Waals surface area (Å²) in [6.07, 6.45) is 0. The van der Waals surface area contributed by atoms with Gasteiger partial charge in [-0.2, -0.15) is 0 Å². The van der Waals surface area contributed by atoms with Crippen LogP contribution >= 0.6 is 0 Å². The van der Waals surface area contributed by atoms with Gasteiger partial charge in [0.2, 0.25) is 0 Å². The Kier molecular flexibility index (Phi) is 3.89. The molecule has 0 saturated heterocycles. The second-order valence-electron chi connectivity index (χ2n) is 0.682. The van der Waals surface area contributed by atoms with E-state index in [1.807, 2.05) is 5.43 Å². The van der Waals surface area contributed by atoms with Gasteiger partial charge in [-0.3, -0.25) is 0 Å². The van der Waals surface area contributed by atoms with Crippen molar-refractivity contribution in [3.8, 4) is 0 Å². The molecular weight excluding hydrogens is 84.0 g/mol. The van der Waals surface area contributed by atoms with Crippen molar-refractivity contribution < 1.29 is 4.74 Å². The quantitative estimate of drug-likeness (QED) is 0.227. The highest BCUT2D eigenvalue weighted by Crippen LogP contribution is 1.54. The molecule has 36 valence electrons. The van der Waals surface area contributed by atoms with Crippen LogP contribution < -0.4 is 5.43 Å². The monoisotopic (exact) mass is 90.0 g/mol. The molecule has 0 aromatic heterocycles. The third kappa shape index (κ3) is 3.36. The van der Waals surface area contributed by atoms with Crippen molar-refractivity contribution in [3.05, 3.63) is 4.91 Å². The number of nitrogens with zero attached hydrogens (tertiary/aromatic N) is 1. The van der Waals surface area contributed by atoms with Crippen molar-refractivity contribution in [2.45, 2.75) is 0 Å². The Morgan fingerprint density at radius 3 is 2.83 bits per heavy atom. The van der Waals surface area contributed by atoms with Gasteiger partial charge in [-0.15, -0.1) is 4.91 Å². The molecule has 0 aliphatic carbocycles. The summed E-state index contributed by atoms with van der Waals surface area (Å²) < 4.78 is 4.38. The maximum Gasteiger partial charge on any atom is 0.134 e. The van der Waals surface area contributed by atoms with Crippen molar-refractivity contribution >= 4 is 0 Å². The Bertz CT molecular complexity index is 38.5. The molecule has 0 aliphatic heterocycles. The minimum absolute atomic E-state index is 0.184. The summed E-state index contributed by atoms with van der Waals surface area (Å²) in [7, 11) is 1.47. The van der Waals surface area contributed by atoms with Crippen molar-refractivity contribution in [2.75, 3.05) is 13.8 Å². The van der Waals surface area contributed by atoms with Gasteiger partial charge in [0.05, 0.1) is 5.29 Å². The largest absolute Gasteiger partial charge is 0.363 e. The van der Waals surface area contributed by atoms with E-state index in [1.54, 1.807) is 0 Å². The van der Waals surface area contributed by atoms with Gasteiger partial charge >= 0.3 is 0 Å². The fraction of sp³-hybridized carbons (Fsp3) is 1.00. The lowest BCUT2D eigenvalue weighted by Crippen LogP contribution is -2.06. The van der Waals surface area contributed by atoms with Crippen LogP contribution in [0.5, 0.6) is 0 Å². The van der Waals surface area contributed by atoms with Crippen molar-refractivity contribution in [1.82, 2.24) is 5.43 Å². The number of rotatable bonds is 3. The van der Waals surface area contributed by atoms with E-state index in [1.165, 1.54) is 7.11 Å². The lowest BCUT2D eigenvalue weighted by molar-refractivity contribution is 0.176. The summed E-state index contributed by atoms with van der Waals surface area (Å²) in [5, 5.41) is 2.30. The molecule has 0 bridgehead atoms. The maximum atomic E-state index is 9.12. The highest BCUT2D eigenvalue weighted by atomic mass is 16.5. The molecule has 4 heteroatoms. The Morgan fingerprint density at radius 2 is 2.67 bits per heavy atom. The molecule has 4 nitrogen and oxygen atoms in total. The zero-order valence-corrected chi connectivity index (χ0v) is 3.47. The maximum absolute atomic E-state index is 9.12. The van der Waals surface area contributed by atoms with Crippen LogP contribution in [0.4, 0.5) is 0 Å². The summed E-state index contributed by atoms with van der Waals surface area (Å²) in [6, 6.07) is 0. The third-order valence-electron chi connectivity index (χ3n) is 0.273. The van der Waals surface area contributed by atoms with E-state index in [9.17, 15) is 0 Å². The normalized spacial score (nSPS) is 7.50. The molecule has 0 spiro atoms. The van der Waals surface area contributed by atoms with Crippen LogP contribution in [-0.2, 0) is 4.74 Å². The van der Waals surface area contributed by atoms with Gasteiger partial charge in [0.15, 0.2) is 0 Å². The van der Waals surface area contributed by atoms with Crippen LogP contribution in [0.2, 0.25) is 0 Å². The molecule has 0 amide bonds. The molecule has 0 radical (unpaired) electrons. The van der Waals surface area contributed by atoms with Gasteiger partial charge in [-0.05, 0) is 0 Å². The van der Waals surface area contributed by atoms with Gasteiger partial charge in [-0.25, -0.2) is 5.43 Å². The minimum atomic E-state index is 0.184. The zero-order chi connectivity index (χ0) is 4.83. The molecule has 0 rings (SSSR count). The highest BCUT2D eigenvalue weighted by molar-refractivity contribution is 4.15. The number of nitrogens with one attached hydrogen (secondary N) is 1. The topological polar surface area (TPSA) is 50.7 Å². The van der Waals surface area contributed by atoms with E-state index in [0.29, 0.717) is 0 Å². The fourth-order valence-electron chi connectivity index (χ4n) is 0.0909. The summed E-state index contributed by atoms with van der Waals surface area (Å²) in [6.45, 7) is 0.184. The van der Waals surface area contributed by atoms with Gasteiger partial charge in [0.1, 0.15) is 6.73 Å². The summed E-state index contributed by atoms with van der Waals surface area (Å²) >= 11 is 0. The van der Waals surface area contributed by atoms with E-state index in [0.717, 1.165) is 0 Å². The molecule has 0 unspecified atom stereocenters. The molecule has 0 heterocycles. The first-order chi connectivity index (χ1) is 2.91. The first kappa shape index (κ1) is 5.36. The van der Waals surface area contributed by atoms with Crippen molar-refractivity contribution in [3.63, 3.8) is 0 Å². The van der Waals surface area contributed by atoms with Crippen molar-refractivity contribution in [1.29, 1.82) is 0 Å². The molecule has 0 aliphatic rings. The summed E-state index contributed by atoms with van der Waals surface area (Å²) in [4.78, 5) is 9.12. The number of methoxy groups -OCH3 is 1. The van der Waals surface area contributed by atoms with Crippen LogP contribution in [0.25, 0.3) is 0 Å². The van der Waals surface area contributed by atoms with Crippen LogP contribution in [-0.4, -0.2) is 13.8 Å². The smallest absolute Gasteiger partial charge is 0.134 e. The minimum Gasteiger partial charge on any atom is -0.363 e. The lowest BCUT2D eigenvalue weighted by atomic mass is 11.3. The van der Waals surface area contributed by atoms with Gasteiger partial charge in [-0.1, -0.05) is 0 Å². The predicted molar refractivity (Wildman–Crippen MR) is 20.8 cm³/mol. The summed E-state index contributed by atoms with van der Waals surface area (Å²) in [5.41, 5.74) is 2.05. The Hall–Kier alpha value is -0.640. The Morgan fingerprint density at radius 1 is 2.00 bits per heavy atom. The molecule has 0 atom stereocenters. The van der Waals surface area contributed by atoms with E-state index in [-0.39, 0.29) is 6.73 Å². The van der Waals surface area contributed by atoms with E-state index >= 15 is 0 Å². The molecular formula is C2H6N2O2. The van der Waals surface area contributed by atoms with Crippen LogP contribution in [0.3, 0.4) is 0 Å². The molecule has 0 aromatic rings. The second kappa shape index (κ2) is 4.36. The lowest BCUT2D eigenvalue weighted by Gasteiger charge is -1.87. The van der Waals surface area contributed by atoms with Crippen LogP contribution in [0.1, 0.15) is 0 Å². The van der Waals surface area contributed by atoms with E-state index in [2.05, 4.69) is 10.0 Å². The average molecular weight is 90.1 g/mol. The summed E-state index contributed by atoms with van der Waals surface area (Å²) in [5.74, 6) is 0. The number of nitroso groups, excluding NO2 is 1. The SMILES string of the molecule is COCNN=O. The number of hydrogen-bond donors (Lipinski definition) is 1. The Balaban J connectivity index is 2.49. The van der Waals surface area contributed by atoms with Crippen molar-refractivity contribution in [2.24, 2.45) is 5.29 Å². The zero-order valence-electron chi connectivity index (χ0n) is 3.47. The number of hydrogen-bond acceptors (Lipinski definition) is 3. The average Bonchev–Trinajstić information content (AvgIpc) is 1.61. The fourth-order valence-corrected chi connectivity index (χ4v) is 0.0909. The molecule has 0 saturated carbocycles. The number of ether oxygens (including phenoxy) is 1. The van der Waals surface area contributed by atoms with E-state index < -0.39 is 0 Å². The van der Waals surface area contributed by atoms with E-state index in [4.69, 9.17) is 4.91 Å². The first-order valence-corrected chi connectivity index (χ1v) is 1.46. The van der Waals surface area contributed by atoms with Crippen LogP contribution in [0, 0.1) is 4.91 Å². The molecule has 6 heavy (non-hydrogen) atoms. The molecule has 0 aromatic carbocycles. The standard InChI is InChI=1S/C2H6N2O2/c1-6-2-3-4-5/h2H2,1H3,(H,3,5). The van der Waals surface area contributed by atoms with Crippen LogP contribution in [0.15, 0.2) is 5.29 Å². The molecule has 1 N–H and O–H groups in total. The molecule has 0 fully saturated rings. The predicted octanol–water partition coefficient (Wildman–Crippen LogP) is -0.139. The highest BCUT2D eigenvalue weighted by Gasteiger charge is 1.68. The van der Waals surface area contributed by atoms with Gasteiger partial charge < -0.3 is 4.74 Å². The van der Waals surface area contributed by atoms with Gasteiger partial charge in [0.25, 0.3) is 0 Å². The Labute approximate surface area is 35.4 Å². The third-order valence-corrected chi connectivity index (χ3v) is 0.273. The second-order valence-corrected chi connectivity index (χ2v) is 0.682. The van der Waals surface area contributed by atoms with Gasteiger partial charge in [0, 0.05) is 7.11 Å².